The number of rotatable bonds is 6. The molecule has 1 atom stereocenters. The zero-order valence-corrected chi connectivity index (χ0v) is 29.3. The van der Waals surface area contributed by atoms with E-state index >= 15 is 0 Å². The number of thiophene rings is 1. The van der Waals surface area contributed by atoms with Gasteiger partial charge in [-0.3, -0.25) is 14.4 Å². The van der Waals surface area contributed by atoms with Gasteiger partial charge >= 0.3 is 0 Å². The molecule has 0 radical (unpaired) electrons. The van der Waals surface area contributed by atoms with Crippen molar-refractivity contribution in [2.24, 2.45) is 5.92 Å². The van der Waals surface area contributed by atoms with Crippen LogP contribution in [0.15, 0.2) is 42.5 Å². The van der Waals surface area contributed by atoms with Crippen LogP contribution in [0, 0.1) is 5.92 Å². The van der Waals surface area contributed by atoms with Crippen molar-refractivity contribution in [3.63, 3.8) is 0 Å². The van der Waals surface area contributed by atoms with Crippen LogP contribution in [0.3, 0.4) is 0 Å². The molecule has 2 aliphatic heterocycles. The van der Waals surface area contributed by atoms with Crippen LogP contribution in [0.2, 0.25) is 0 Å². The molecule has 1 N–H and O–H groups in total. The summed E-state index contributed by atoms with van der Waals surface area (Å²) in [5.41, 5.74) is 1.50. The third-order valence-electron chi connectivity index (χ3n) is 9.24. The zero-order chi connectivity index (χ0) is 34.5. The van der Waals surface area contributed by atoms with Crippen molar-refractivity contribution in [1.82, 2.24) is 20.1 Å². The Morgan fingerprint density at radius 3 is 2.51 bits per heavy atom. The van der Waals surface area contributed by atoms with Gasteiger partial charge in [-0.15, -0.1) is 11.3 Å². The zero-order valence-electron chi connectivity index (χ0n) is 28.5. The van der Waals surface area contributed by atoms with Crippen molar-refractivity contribution >= 4 is 55.9 Å². The molecule has 4 heterocycles. The molecule has 1 fully saturated rings. The van der Waals surface area contributed by atoms with E-state index < -0.39 is 0 Å². The number of fused-ring (bicyclic) bond motifs is 6. The minimum atomic E-state index is -0.241. The van der Waals surface area contributed by atoms with E-state index in [1.807, 2.05) is 42.5 Å². The van der Waals surface area contributed by atoms with Gasteiger partial charge in [0.25, 0.3) is 5.91 Å². The maximum absolute atomic E-state index is 14.5. The molecule has 49 heavy (non-hydrogen) atoms. The van der Waals surface area contributed by atoms with Crippen molar-refractivity contribution in [1.29, 1.82) is 0 Å². The second-order valence-corrected chi connectivity index (χ2v) is 13.5. The van der Waals surface area contributed by atoms with E-state index in [1.54, 1.807) is 31.1 Å². The Hall–Kier alpha value is -4.62. The highest BCUT2D eigenvalue weighted by Gasteiger charge is 2.29. The lowest BCUT2D eigenvalue weighted by atomic mass is 9.97. The van der Waals surface area contributed by atoms with Crippen LogP contribution in [-0.4, -0.2) is 107 Å². The van der Waals surface area contributed by atoms with Crippen molar-refractivity contribution in [3.8, 4) is 17.2 Å². The van der Waals surface area contributed by atoms with Gasteiger partial charge in [0.1, 0.15) is 12.4 Å². The average Bonchev–Trinajstić information content (AvgIpc) is 3.56. The van der Waals surface area contributed by atoms with Crippen LogP contribution in [0.25, 0.3) is 21.0 Å². The van der Waals surface area contributed by atoms with Crippen LogP contribution in [-0.2, 0) is 20.9 Å². The van der Waals surface area contributed by atoms with Crippen molar-refractivity contribution in [2.45, 2.75) is 25.8 Å². The molecule has 2 aliphatic rings. The predicted octanol–water partition coefficient (Wildman–Crippen LogP) is 4.33. The number of hydrogen-bond donors (Lipinski definition) is 1. The van der Waals surface area contributed by atoms with Crippen LogP contribution in [0.1, 0.15) is 34.5 Å². The number of aromatic nitrogens is 1. The van der Waals surface area contributed by atoms with E-state index in [0.29, 0.717) is 40.7 Å². The van der Waals surface area contributed by atoms with Gasteiger partial charge in [0, 0.05) is 81.1 Å². The molecule has 0 saturated carbocycles. The number of benzene rings is 2. The number of piperidine rings is 1. The molecule has 2 aromatic heterocycles. The summed E-state index contributed by atoms with van der Waals surface area (Å²) in [5, 5.41) is 4.81. The Morgan fingerprint density at radius 1 is 0.959 bits per heavy atom. The number of hydrogen-bond acceptors (Lipinski definition) is 10. The molecule has 260 valence electrons. The summed E-state index contributed by atoms with van der Waals surface area (Å²) in [7, 11) is 6.19. The molecule has 0 aliphatic carbocycles. The molecule has 2 aromatic carbocycles. The molecule has 1 unspecified atom stereocenters. The Morgan fingerprint density at radius 2 is 1.76 bits per heavy atom. The van der Waals surface area contributed by atoms with Gasteiger partial charge in [0.05, 0.1) is 31.7 Å². The lowest BCUT2D eigenvalue weighted by Gasteiger charge is -2.35. The normalized spacial score (nSPS) is 17.6. The van der Waals surface area contributed by atoms with E-state index in [1.165, 1.54) is 18.4 Å². The molecule has 13 heteroatoms. The summed E-state index contributed by atoms with van der Waals surface area (Å²) in [5.74, 6) is 1.90. The maximum atomic E-state index is 14.5. The first-order valence-electron chi connectivity index (χ1n) is 16.5. The second-order valence-electron chi connectivity index (χ2n) is 12.4. The third kappa shape index (κ3) is 7.37. The number of carbonyl (C=O) groups is 3. The maximum Gasteiger partial charge on any atom is 0.264 e. The summed E-state index contributed by atoms with van der Waals surface area (Å²) in [4.78, 5) is 52.0. The van der Waals surface area contributed by atoms with Gasteiger partial charge in [0.15, 0.2) is 11.5 Å². The fourth-order valence-electron chi connectivity index (χ4n) is 6.74. The number of ether oxygens (including phenoxy) is 4. The Balaban J connectivity index is 1.49. The van der Waals surface area contributed by atoms with Gasteiger partial charge in [-0.05, 0) is 42.3 Å². The Labute approximate surface area is 289 Å². The number of carbonyl (C=O) groups excluding carboxylic acids is 3. The first-order valence-corrected chi connectivity index (χ1v) is 17.3. The third-order valence-corrected chi connectivity index (χ3v) is 10.3. The van der Waals surface area contributed by atoms with Gasteiger partial charge < -0.3 is 39.0 Å². The largest absolute Gasteiger partial charge is 0.493 e. The highest BCUT2D eigenvalue weighted by molar-refractivity contribution is 7.20. The average molecular weight is 690 g/mol. The fraction of sp³-hybridized carbons (Fsp3) is 0.444. The molecular weight excluding hydrogens is 646 g/mol. The van der Waals surface area contributed by atoms with Gasteiger partial charge in [-0.25, -0.2) is 4.98 Å². The number of pyridine rings is 1. The monoisotopic (exact) mass is 689 g/mol. The van der Waals surface area contributed by atoms with Crippen LogP contribution in [0.4, 0.5) is 5.82 Å². The van der Waals surface area contributed by atoms with E-state index in [9.17, 15) is 14.4 Å². The minimum Gasteiger partial charge on any atom is -0.493 e. The minimum absolute atomic E-state index is 0.113. The summed E-state index contributed by atoms with van der Waals surface area (Å²) in [6.45, 7) is 2.79. The number of nitrogens with zero attached hydrogens (tertiary/aromatic N) is 4. The van der Waals surface area contributed by atoms with E-state index in [0.717, 1.165) is 46.2 Å². The number of nitrogens with one attached hydrogen (secondary N) is 1. The summed E-state index contributed by atoms with van der Waals surface area (Å²) >= 11 is 1.44. The fourth-order valence-corrected chi connectivity index (χ4v) is 7.77. The van der Waals surface area contributed by atoms with Gasteiger partial charge in [0.2, 0.25) is 17.6 Å². The van der Waals surface area contributed by atoms with Crippen molar-refractivity contribution in [2.75, 3.05) is 79.2 Å². The van der Waals surface area contributed by atoms with E-state index in [4.69, 9.17) is 23.9 Å². The molecule has 2 bridgehead atoms. The highest BCUT2D eigenvalue weighted by Crippen LogP contribution is 2.44. The van der Waals surface area contributed by atoms with Gasteiger partial charge in [-0.1, -0.05) is 18.2 Å². The second kappa shape index (κ2) is 15.3. The van der Waals surface area contributed by atoms with E-state index in [2.05, 4.69) is 10.2 Å². The van der Waals surface area contributed by atoms with Crippen molar-refractivity contribution in [3.05, 3.63) is 52.9 Å². The lowest BCUT2D eigenvalue weighted by molar-refractivity contribution is -0.135. The molecule has 12 nitrogen and oxygen atoms in total. The lowest BCUT2D eigenvalue weighted by Crippen LogP contribution is -2.43. The Kier molecular flexibility index (Phi) is 10.7. The smallest absolute Gasteiger partial charge is 0.264 e. The highest BCUT2D eigenvalue weighted by atomic mass is 32.1. The van der Waals surface area contributed by atoms with Crippen LogP contribution < -0.4 is 24.4 Å². The number of methoxy groups -OCH3 is 4. The summed E-state index contributed by atoms with van der Waals surface area (Å²) in [6.07, 6.45) is 2.05. The molecule has 4 aromatic rings. The topological polar surface area (TPSA) is 123 Å². The number of amides is 3. The molecule has 6 rings (SSSR count). The quantitative estimate of drug-likeness (QED) is 0.315. The Bertz CT molecular complexity index is 1810. The number of anilines is 1. The molecule has 3 amide bonds. The first kappa shape index (κ1) is 34.3. The standard InChI is InChI=1S/C36H43N5O7S/c1-45-22-32(43)39-13-11-31(42)37-19-23-8-7-12-40(20-23)35-25(16-26-27(38-35)18-28(46-2)34(48-4)33(26)47-3)21-41(15-14-39)36(44)30-17-24-9-5-6-10-29(24)49-30/h5-6,9-10,16-18,23H,7-8,11-15,19-22H2,1-4H3,(H,37,42). The van der Waals surface area contributed by atoms with Crippen molar-refractivity contribution < 1.29 is 33.3 Å². The first-order chi connectivity index (χ1) is 23.8. The van der Waals surface area contributed by atoms with Crippen LogP contribution >= 0.6 is 11.3 Å². The molecule has 0 spiro atoms. The molecule has 1 saturated heterocycles. The summed E-state index contributed by atoms with van der Waals surface area (Å²) in [6, 6.07) is 13.7. The molecular formula is C36H43N5O7S. The predicted molar refractivity (Wildman–Crippen MR) is 189 cm³/mol. The SMILES string of the molecule is COCC(=O)N1CCC(=O)NCC2CCCN(C2)c2nc3cc(OC)c(OC)c(OC)c3cc2CN(C(=O)c2cc3ccccc3s2)CC1. The van der Waals surface area contributed by atoms with E-state index in [-0.39, 0.29) is 62.8 Å². The summed E-state index contributed by atoms with van der Waals surface area (Å²) < 4.78 is 23.4. The van der Waals surface area contributed by atoms with Crippen LogP contribution in [0.5, 0.6) is 17.2 Å². The van der Waals surface area contributed by atoms with Gasteiger partial charge in [-0.2, -0.15) is 0 Å².